The number of piperidine rings is 1. The zero-order valence-electron chi connectivity index (χ0n) is 12.9. The van der Waals surface area contributed by atoms with Crippen LogP contribution >= 0.6 is 0 Å². The van der Waals surface area contributed by atoms with E-state index >= 15 is 0 Å². The third-order valence-corrected chi connectivity index (χ3v) is 3.82. The molecule has 112 valence electrons. The molecule has 0 spiro atoms. The molecule has 1 atom stereocenters. The fourth-order valence-electron chi connectivity index (χ4n) is 2.57. The summed E-state index contributed by atoms with van der Waals surface area (Å²) in [6.07, 6.45) is 4.18. The zero-order chi connectivity index (χ0) is 14.6. The quantitative estimate of drug-likeness (QED) is 0.866. The van der Waals surface area contributed by atoms with E-state index in [0.29, 0.717) is 17.3 Å². The Kier molecular flexibility index (Phi) is 4.81. The van der Waals surface area contributed by atoms with Gasteiger partial charge in [-0.15, -0.1) is 0 Å². The third kappa shape index (κ3) is 4.07. The Labute approximate surface area is 121 Å². The molecule has 1 saturated heterocycles. The molecule has 1 unspecified atom stereocenters. The Bertz CT molecular complexity index is 434. The molecule has 0 amide bonds. The number of anilines is 1. The van der Waals surface area contributed by atoms with Crippen molar-refractivity contribution in [3.8, 4) is 5.88 Å². The van der Waals surface area contributed by atoms with Gasteiger partial charge in [-0.1, -0.05) is 13.8 Å². The van der Waals surface area contributed by atoms with Gasteiger partial charge in [0.1, 0.15) is 12.1 Å². The molecule has 0 aliphatic carbocycles. The number of nitrogens with zero attached hydrogens (tertiary/aromatic N) is 2. The van der Waals surface area contributed by atoms with Crippen LogP contribution in [-0.2, 0) is 0 Å². The number of rotatable bonds is 5. The molecule has 1 aliphatic rings. The maximum absolute atomic E-state index is 5.58. The Morgan fingerprint density at radius 2 is 2.25 bits per heavy atom. The molecular weight excluding hydrogens is 252 g/mol. The normalized spacial score (nSPS) is 21.8. The van der Waals surface area contributed by atoms with E-state index in [9.17, 15) is 0 Å². The second-order valence-corrected chi connectivity index (χ2v) is 6.39. The van der Waals surface area contributed by atoms with Gasteiger partial charge in [-0.25, -0.2) is 9.97 Å². The van der Waals surface area contributed by atoms with Gasteiger partial charge in [0, 0.05) is 18.7 Å². The Morgan fingerprint density at radius 3 is 2.95 bits per heavy atom. The van der Waals surface area contributed by atoms with Crippen molar-refractivity contribution in [1.82, 2.24) is 15.3 Å². The summed E-state index contributed by atoms with van der Waals surface area (Å²) in [6.45, 7) is 10.6. The van der Waals surface area contributed by atoms with Crippen molar-refractivity contribution in [3.05, 3.63) is 12.4 Å². The van der Waals surface area contributed by atoms with Crippen molar-refractivity contribution in [2.24, 2.45) is 5.41 Å². The lowest BCUT2D eigenvalue weighted by atomic mass is 9.77. The maximum Gasteiger partial charge on any atom is 0.218 e. The summed E-state index contributed by atoms with van der Waals surface area (Å²) in [5.41, 5.74) is 0.315. The van der Waals surface area contributed by atoms with Crippen molar-refractivity contribution in [3.63, 3.8) is 0 Å². The van der Waals surface area contributed by atoms with Crippen molar-refractivity contribution in [2.45, 2.75) is 52.7 Å². The van der Waals surface area contributed by atoms with Crippen LogP contribution in [0.15, 0.2) is 12.4 Å². The Hall–Kier alpha value is -1.36. The van der Waals surface area contributed by atoms with Gasteiger partial charge in [0.05, 0.1) is 6.10 Å². The molecule has 0 saturated carbocycles. The highest BCUT2D eigenvalue weighted by atomic mass is 16.5. The molecule has 2 N–H and O–H groups in total. The van der Waals surface area contributed by atoms with Crippen LogP contribution in [0.1, 0.15) is 40.5 Å². The van der Waals surface area contributed by atoms with E-state index in [1.165, 1.54) is 12.8 Å². The molecule has 2 heterocycles. The summed E-state index contributed by atoms with van der Waals surface area (Å²) in [4.78, 5) is 8.36. The van der Waals surface area contributed by atoms with E-state index in [-0.39, 0.29) is 6.10 Å². The van der Waals surface area contributed by atoms with Crippen LogP contribution in [0.2, 0.25) is 0 Å². The van der Waals surface area contributed by atoms with Gasteiger partial charge in [-0.3, -0.25) is 0 Å². The van der Waals surface area contributed by atoms with Gasteiger partial charge in [-0.05, 0) is 38.6 Å². The summed E-state index contributed by atoms with van der Waals surface area (Å²) in [5.74, 6) is 1.44. The van der Waals surface area contributed by atoms with Crippen molar-refractivity contribution < 1.29 is 4.74 Å². The van der Waals surface area contributed by atoms with Gasteiger partial charge in [0.2, 0.25) is 5.88 Å². The first kappa shape index (κ1) is 15.0. The van der Waals surface area contributed by atoms with Crippen molar-refractivity contribution in [2.75, 3.05) is 18.4 Å². The molecule has 0 bridgehead atoms. The molecule has 1 fully saturated rings. The minimum atomic E-state index is 0.122. The summed E-state index contributed by atoms with van der Waals surface area (Å²) < 4.78 is 5.58. The fourth-order valence-corrected chi connectivity index (χ4v) is 2.57. The standard InChI is InChI=1S/C15H26N4O/c1-11(2)20-14-8-13(18-10-19-14)17-9-12-15(3,4)6-5-7-16-12/h8,10-12,16H,5-7,9H2,1-4H3,(H,17,18,19). The second kappa shape index (κ2) is 6.39. The molecule has 1 aromatic rings. The highest BCUT2D eigenvalue weighted by Crippen LogP contribution is 2.30. The van der Waals surface area contributed by atoms with E-state index in [1.54, 1.807) is 6.33 Å². The minimum absolute atomic E-state index is 0.122. The van der Waals surface area contributed by atoms with E-state index in [2.05, 4.69) is 34.4 Å². The van der Waals surface area contributed by atoms with Crippen LogP contribution in [0.4, 0.5) is 5.82 Å². The molecule has 0 radical (unpaired) electrons. The Balaban J connectivity index is 1.93. The fraction of sp³-hybridized carbons (Fsp3) is 0.733. The number of nitrogens with one attached hydrogen (secondary N) is 2. The van der Waals surface area contributed by atoms with Crippen LogP contribution in [0.3, 0.4) is 0 Å². The molecule has 5 nitrogen and oxygen atoms in total. The van der Waals surface area contributed by atoms with Gasteiger partial charge in [-0.2, -0.15) is 0 Å². The largest absolute Gasteiger partial charge is 0.475 e. The van der Waals surface area contributed by atoms with Crippen LogP contribution < -0.4 is 15.4 Å². The lowest BCUT2D eigenvalue weighted by Gasteiger charge is -2.39. The van der Waals surface area contributed by atoms with Gasteiger partial charge >= 0.3 is 0 Å². The number of ether oxygens (including phenoxy) is 1. The van der Waals surface area contributed by atoms with Crippen molar-refractivity contribution >= 4 is 5.82 Å². The van der Waals surface area contributed by atoms with Gasteiger partial charge < -0.3 is 15.4 Å². The summed E-state index contributed by atoms with van der Waals surface area (Å²) in [5, 5.41) is 6.98. The molecule has 5 heteroatoms. The number of hydrogen-bond donors (Lipinski definition) is 2. The first-order chi connectivity index (χ1) is 9.47. The molecule has 0 aromatic carbocycles. The average Bonchev–Trinajstić information content (AvgIpc) is 2.36. The monoisotopic (exact) mass is 278 g/mol. The molecule has 1 aliphatic heterocycles. The lowest BCUT2D eigenvalue weighted by Crippen LogP contribution is -2.50. The lowest BCUT2D eigenvalue weighted by molar-refractivity contribution is 0.188. The molecular formula is C15H26N4O. The third-order valence-electron chi connectivity index (χ3n) is 3.82. The topological polar surface area (TPSA) is 59.1 Å². The minimum Gasteiger partial charge on any atom is -0.475 e. The SMILES string of the molecule is CC(C)Oc1cc(NCC2NCCCC2(C)C)ncn1. The number of hydrogen-bond acceptors (Lipinski definition) is 5. The summed E-state index contributed by atoms with van der Waals surface area (Å²) >= 11 is 0. The van der Waals surface area contributed by atoms with Crippen LogP contribution in [0.25, 0.3) is 0 Å². The first-order valence-corrected chi connectivity index (χ1v) is 7.43. The van der Waals surface area contributed by atoms with Crippen LogP contribution in [0.5, 0.6) is 5.88 Å². The molecule has 1 aromatic heterocycles. The van der Waals surface area contributed by atoms with E-state index in [0.717, 1.165) is 18.9 Å². The Morgan fingerprint density at radius 1 is 1.45 bits per heavy atom. The van der Waals surface area contributed by atoms with E-state index in [1.807, 2.05) is 19.9 Å². The summed E-state index contributed by atoms with van der Waals surface area (Å²) in [6, 6.07) is 2.32. The highest BCUT2D eigenvalue weighted by molar-refractivity contribution is 5.37. The van der Waals surface area contributed by atoms with E-state index < -0.39 is 0 Å². The van der Waals surface area contributed by atoms with Crippen LogP contribution in [-0.4, -0.2) is 35.2 Å². The number of aromatic nitrogens is 2. The predicted molar refractivity (Wildman–Crippen MR) is 81.1 cm³/mol. The zero-order valence-corrected chi connectivity index (χ0v) is 12.9. The van der Waals surface area contributed by atoms with E-state index in [4.69, 9.17) is 4.74 Å². The first-order valence-electron chi connectivity index (χ1n) is 7.43. The molecule has 2 rings (SSSR count). The van der Waals surface area contributed by atoms with Gasteiger partial charge in [0.15, 0.2) is 0 Å². The highest BCUT2D eigenvalue weighted by Gasteiger charge is 2.31. The van der Waals surface area contributed by atoms with Crippen LogP contribution in [0, 0.1) is 5.41 Å². The van der Waals surface area contributed by atoms with Gasteiger partial charge in [0.25, 0.3) is 0 Å². The average molecular weight is 278 g/mol. The molecule has 20 heavy (non-hydrogen) atoms. The maximum atomic E-state index is 5.58. The smallest absolute Gasteiger partial charge is 0.218 e. The predicted octanol–water partition coefficient (Wildman–Crippen LogP) is 2.45. The van der Waals surface area contributed by atoms with Crippen molar-refractivity contribution in [1.29, 1.82) is 0 Å². The second-order valence-electron chi connectivity index (χ2n) is 6.39. The summed E-state index contributed by atoms with van der Waals surface area (Å²) in [7, 11) is 0.